The second-order valence-corrected chi connectivity index (χ2v) is 5.94. The number of ether oxygens (including phenoxy) is 2. The lowest BCUT2D eigenvalue weighted by Gasteiger charge is -2.26. The van der Waals surface area contributed by atoms with Crippen LogP contribution in [0.2, 0.25) is 0 Å². The molecule has 1 aliphatic heterocycles. The molecule has 25 heavy (non-hydrogen) atoms. The first-order valence-electron chi connectivity index (χ1n) is 8.64. The molecule has 1 aliphatic rings. The summed E-state index contributed by atoms with van der Waals surface area (Å²) in [6.45, 7) is 5.10. The van der Waals surface area contributed by atoms with Crippen LogP contribution in [0, 0.1) is 0 Å². The van der Waals surface area contributed by atoms with Gasteiger partial charge in [0.05, 0.1) is 14.2 Å². The highest BCUT2D eigenvalue weighted by Gasteiger charge is 2.09. The minimum absolute atomic E-state index is 0. The molecular formula is C18H31IN4O2. The number of benzene rings is 1. The normalized spacial score (nSPS) is 15.2. The van der Waals surface area contributed by atoms with Gasteiger partial charge in [-0.1, -0.05) is 12.5 Å². The number of hydrogen-bond acceptors (Lipinski definition) is 4. The Morgan fingerprint density at radius 2 is 1.80 bits per heavy atom. The number of hydrogen-bond donors (Lipinski definition) is 2. The van der Waals surface area contributed by atoms with Gasteiger partial charge in [0.1, 0.15) is 0 Å². The molecule has 7 heteroatoms. The predicted octanol–water partition coefficient (Wildman–Crippen LogP) is 2.47. The third-order valence-electron chi connectivity index (χ3n) is 4.30. The quantitative estimate of drug-likeness (QED) is 0.371. The van der Waals surface area contributed by atoms with Crippen molar-refractivity contribution in [3.8, 4) is 11.5 Å². The largest absolute Gasteiger partial charge is 0.493 e. The van der Waals surface area contributed by atoms with Gasteiger partial charge in [0.25, 0.3) is 0 Å². The van der Waals surface area contributed by atoms with Gasteiger partial charge in [-0.3, -0.25) is 4.99 Å². The van der Waals surface area contributed by atoms with Gasteiger partial charge < -0.3 is 25.0 Å². The predicted molar refractivity (Wildman–Crippen MR) is 113 cm³/mol. The third-order valence-corrected chi connectivity index (χ3v) is 4.30. The molecule has 0 amide bonds. The Labute approximate surface area is 168 Å². The highest BCUT2D eigenvalue weighted by molar-refractivity contribution is 14.0. The molecule has 142 valence electrons. The van der Waals surface area contributed by atoms with E-state index in [1.807, 2.05) is 18.2 Å². The molecule has 0 saturated carbocycles. The van der Waals surface area contributed by atoms with E-state index in [-0.39, 0.29) is 24.0 Å². The average Bonchev–Trinajstić information content (AvgIpc) is 2.65. The Morgan fingerprint density at radius 1 is 1.08 bits per heavy atom. The Bertz CT molecular complexity index is 534. The van der Waals surface area contributed by atoms with Crippen LogP contribution in [0.1, 0.15) is 24.8 Å². The fourth-order valence-corrected chi connectivity index (χ4v) is 2.91. The first kappa shape index (κ1) is 21.8. The highest BCUT2D eigenvalue weighted by atomic mass is 127. The van der Waals surface area contributed by atoms with Gasteiger partial charge in [0.15, 0.2) is 17.5 Å². The van der Waals surface area contributed by atoms with E-state index in [0.717, 1.165) is 36.1 Å². The van der Waals surface area contributed by atoms with Crippen molar-refractivity contribution >= 4 is 29.9 Å². The van der Waals surface area contributed by atoms with Crippen LogP contribution in [0.3, 0.4) is 0 Å². The van der Waals surface area contributed by atoms with Crippen molar-refractivity contribution in [2.45, 2.75) is 25.8 Å². The van der Waals surface area contributed by atoms with Gasteiger partial charge in [-0.25, -0.2) is 0 Å². The molecular weight excluding hydrogens is 431 g/mol. The Morgan fingerprint density at radius 3 is 2.44 bits per heavy atom. The van der Waals surface area contributed by atoms with Gasteiger partial charge in [-0.2, -0.15) is 0 Å². The lowest BCUT2D eigenvalue weighted by atomic mass is 10.1. The summed E-state index contributed by atoms with van der Waals surface area (Å²) in [4.78, 5) is 6.79. The molecule has 1 aromatic carbocycles. The molecule has 0 unspecified atom stereocenters. The van der Waals surface area contributed by atoms with E-state index < -0.39 is 0 Å². The summed E-state index contributed by atoms with van der Waals surface area (Å²) in [7, 11) is 5.09. The van der Waals surface area contributed by atoms with Crippen molar-refractivity contribution in [1.29, 1.82) is 0 Å². The number of rotatable bonds is 7. The van der Waals surface area contributed by atoms with Crippen LogP contribution < -0.4 is 20.1 Å². The minimum atomic E-state index is 0. The zero-order chi connectivity index (χ0) is 17.2. The van der Waals surface area contributed by atoms with Crippen LogP contribution >= 0.6 is 24.0 Å². The molecule has 1 fully saturated rings. The Kier molecular flexibility index (Phi) is 10.6. The number of nitrogens with zero attached hydrogens (tertiary/aromatic N) is 2. The van der Waals surface area contributed by atoms with Crippen LogP contribution in [0.25, 0.3) is 0 Å². The van der Waals surface area contributed by atoms with Crippen LogP contribution in [0.15, 0.2) is 23.2 Å². The van der Waals surface area contributed by atoms with E-state index in [0.29, 0.717) is 6.54 Å². The van der Waals surface area contributed by atoms with E-state index in [9.17, 15) is 0 Å². The summed E-state index contributed by atoms with van der Waals surface area (Å²) >= 11 is 0. The second kappa shape index (κ2) is 12.2. The van der Waals surface area contributed by atoms with E-state index in [1.165, 1.54) is 32.4 Å². The Hall–Kier alpha value is -1.22. The minimum Gasteiger partial charge on any atom is -0.493 e. The maximum absolute atomic E-state index is 5.34. The van der Waals surface area contributed by atoms with Gasteiger partial charge in [0, 0.05) is 26.7 Å². The molecule has 1 saturated heterocycles. The standard InChI is InChI=1S/C18H30N4O2.HI/c1-19-18(20-9-12-22-10-5-4-6-11-22)21-14-15-7-8-16(23-2)17(13-15)24-3;/h7-8,13H,4-6,9-12,14H2,1-3H3,(H2,19,20,21);1H. The molecule has 6 nitrogen and oxygen atoms in total. The maximum atomic E-state index is 5.34. The van der Waals surface area contributed by atoms with E-state index in [1.54, 1.807) is 21.3 Å². The van der Waals surface area contributed by atoms with Gasteiger partial charge >= 0.3 is 0 Å². The van der Waals surface area contributed by atoms with Crippen molar-refractivity contribution in [1.82, 2.24) is 15.5 Å². The van der Waals surface area contributed by atoms with Crippen molar-refractivity contribution < 1.29 is 9.47 Å². The molecule has 0 atom stereocenters. The van der Waals surface area contributed by atoms with E-state index in [2.05, 4.69) is 20.5 Å². The zero-order valence-electron chi connectivity index (χ0n) is 15.5. The molecule has 2 rings (SSSR count). The van der Waals surface area contributed by atoms with E-state index in [4.69, 9.17) is 9.47 Å². The average molecular weight is 462 g/mol. The molecule has 0 radical (unpaired) electrons. The maximum Gasteiger partial charge on any atom is 0.191 e. The zero-order valence-corrected chi connectivity index (χ0v) is 17.8. The third kappa shape index (κ3) is 7.27. The summed E-state index contributed by atoms with van der Waals surface area (Å²) in [5.41, 5.74) is 1.12. The first-order chi connectivity index (χ1) is 11.8. The van der Waals surface area contributed by atoms with Crippen LogP contribution in [0.4, 0.5) is 0 Å². The SMILES string of the molecule is CN=C(NCCN1CCCCC1)NCc1ccc(OC)c(OC)c1.I. The lowest BCUT2D eigenvalue weighted by Crippen LogP contribution is -2.42. The second-order valence-electron chi connectivity index (χ2n) is 5.94. The van der Waals surface area contributed by atoms with Crippen molar-refractivity contribution in [2.75, 3.05) is 47.4 Å². The number of piperidine rings is 1. The van der Waals surface area contributed by atoms with E-state index >= 15 is 0 Å². The summed E-state index contributed by atoms with van der Waals surface area (Å²) in [6, 6.07) is 5.92. The summed E-state index contributed by atoms with van der Waals surface area (Å²) in [5, 5.41) is 6.72. The Balaban J connectivity index is 0.00000312. The highest BCUT2D eigenvalue weighted by Crippen LogP contribution is 2.27. The number of guanidine groups is 1. The van der Waals surface area contributed by atoms with Crippen molar-refractivity contribution in [3.63, 3.8) is 0 Å². The number of aliphatic imine (C=N–C) groups is 1. The molecule has 1 heterocycles. The molecule has 1 aromatic rings. The number of likely N-dealkylation sites (tertiary alicyclic amines) is 1. The smallest absolute Gasteiger partial charge is 0.191 e. The topological polar surface area (TPSA) is 58.1 Å². The number of methoxy groups -OCH3 is 2. The molecule has 0 spiro atoms. The number of halogens is 1. The lowest BCUT2D eigenvalue weighted by molar-refractivity contribution is 0.232. The molecule has 2 N–H and O–H groups in total. The fraction of sp³-hybridized carbons (Fsp3) is 0.611. The van der Waals surface area contributed by atoms with Gasteiger partial charge in [0.2, 0.25) is 0 Å². The summed E-state index contributed by atoms with van der Waals surface area (Å²) in [5.74, 6) is 2.30. The van der Waals surface area contributed by atoms with Crippen molar-refractivity contribution in [3.05, 3.63) is 23.8 Å². The molecule has 0 aliphatic carbocycles. The first-order valence-corrected chi connectivity index (χ1v) is 8.64. The monoisotopic (exact) mass is 462 g/mol. The fourth-order valence-electron chi connectivity index (χ4n) is 2.91. The van der Waals surface area contributed by atoms with Crippen LogP contribution in [0.5, 0.6) is 11.5 Å². The molecule has 0 bridgehead atoms. The summed E-state index contributed by atoms with van der Waals surface area (Å²) in [6.07, 6.45) is 4.02. The van der Waals surface area contributed by atoms with Gasteiger partial charge in [-0.15, -0.1) is 24.0 Å². The van der Waals surface area contributed by atoms with Crippen LogP contribution in [-0.4, -0.2) is 58.3 Å². The van der Waals surface area contributed by atoms with Crippen molar-refractivity contribution in [2.24, 2.45) is 4.99 Å². The number of nitrogens with one attached hydrogen (secondary N) is 2. The molecule has 0 aromatic heterocycles. The summed E-state index contributed by atoms with van der Waals surface area (Å²) < 4.78 is 10.6. The van der Waals surface area contributed by atoms with Crippen LogP contribution in [-0.2, 0) is 6.54 Å². The van der Waals surface area contributed by atoms with Gasteiger partial charge in [-0.05, 0) is 43.6 Å².